The summed E-state index contributed by atoms with van der Waals surface area (Å²) in [5.41, 5.74) is 7.28. The minimum atomic E-state index is -0.467. The molecule has 78 valence electrons. The number of nitrogens with zero attached hydrogens (tertiary/aromatic N) is 2. The highest BCUT2D eigenvalue weighted by atomic mass is 19.1. The number of anilines is 1. The number of hydrogen-bond donors (Lipinski definition) is 1. The van der Waals surface area contributed by atoms with Gasteiger partial charge in [-0.3, -0.25) is 4.98 Å². The van der Waals surface area contributed by atoms with Crippen LogP contribution in [-0.2, 0) is 0 Å². The van der Waals surface area contributed by atoms with Crippen LogP contribution in [0.3, 0.4) is 0 Å². The summed E-state index contributed by atoms with van der Waals surface area (Å²) in [5.74, 6) is -0.467. The average Bonchev–Trinajstić information content (AvgIpc) is 2.33. The summed E-state index contributed by atoms with van der Waals surface area (Å²) in [4.78, 5) is 7.18. The number of benzene rings is 1. The molecule has 0 amide bonds. The van der Waals surface area contributed by atoms with Crippen molar-refractivity contribution in [3.05, 3.63) is 53.9 Å². The van der Waals surface area contributed by atoms with Gasteiger partial charge in [-0.05, 0) is 29.3 Å². The van der Waals surface area contributed by atoms with Crippen LogP contribution in [0.4, 0.5) is 15.8 Å². The lowest BCUT2D eigenvalue weighted by atomic mass is 10.1. The van der Waals surface area contributed by atoms with E-state index in [1.165, 1.54) is 18.3 Å². The van der Waals surface area contributed by atoms with Gasteiger partial charge in [0.15, 0.2) is 0 Å². The van der Waals surface area contributed by atoms with Gasteiger partial charge in [-0.25, -0.2) is 9.24 Å². The number of hydrogen-bond acceptors (Lipinski definition) is 2. The lowest BCUT2D eigenvalue weighted by molar-refractivity contribution is 0.633. The fourth-order valence-electron chi connectivity index (χ4n) is 1.35. The molecular weight excluding hydrogens is 205 g/mol. The topological polar surface area (TPSA) is 43.3 Å². The predicted molar refractivity (Wildman–Crippen MR) is 60.3 cm³/mol. The molecule has 1 aromatic heterocycles. The van der Waals surface area contributed by atoms with Crippen LogP contribution in [-0.4, -0.2) is 4.98 Å². The summed E-state index contributed by atoms with van der Waals surface area (Å²) in [6.45, 7) is 6.87. The summed E-state index contributed by atoms with van der Waals surface area (Å²) >= 11 is 0. The molecule has 0 aliphatic carbocycles. The molecule has 4 heteroatoms. The zero-order valence-electron chi connectivity index (χ0n) is 8.31. The Morgan fingerprint density at radius 2 is 2.00 bits per heavy atom. The van der Waals surface area contributed by atoms with Gasteiger partial charge in [-0.15, -0.1) is 0 Å². The van der Waals surface area contributed by atoms with Crippen molar-refractivity contribution < 1.29 is 4.39 Å². The lowest BCUT2D eigenvalue weighted by Crippen LogP contribution is -1.90. The SMILES string of the molecule is [C-]#[N+]c1cncc(-c2ccc(N)c(F)c2)c1. The smallest absolute Gasteiger partial charge is 0.205 e. The zero-order valence-corrected chi connectivity index (χ0v) is 8.31. The maximum atomic E-state index is 13.2. The van der Waals surface area contributed by atoms with E-state index >= 15 is 0 Å². The van der Waals surface area contributed by atoms with Crippen molar-refractivity contribution in [3.8, 4) is 11.1 Å². The summed E-state index contributed by atoms with van der Waals surface area (Å²) in [6.07, 6.45) is 3.05. The Morgan fingerprint density at radius 3 is 2.69 bits per heavy atom. The van der Waals surface area contributed by atoms with Crippen molar-refractivity contribution in [2.45, 2.75) is 0 Å². The fourth-order valence-corrected chi connectivity index (χ4v) is 1.35. The monoisotopic (exact) mass is 213 g/mol. The summed E-state index contributed by atoms with van der Waals surface area (Å²) < 4.78 is 13.2. The second-order valence-corrected chi connectivity index (χ2v) is 3.28. The Bertz CT molecular complexity index is 573. The number of nitrogens with two attached hydrogens (primary N) is 1. The first kappa shape index (κ1) is 10.1. The molecule has 2 N–H and O–H groups in total. The van der Waals surface area contributed by atoms with Gasteiger partial charge in [0.05, 0.1) is 12.3 Å². The molecule has 0 atom stereocenters. The number of nitrogen functional groups attached to an aromatic ring is 1. The van der Waals surface area contributed by atoms with Gasteiger partial charge in [0, 0.05) is 12.4 Å². The second-order valence-electron chi connectivity index (χ2n) is 3.28. The van der Waals surface area contributed by atoms with E-state index in [1.54, 1.807) is 18.3 Å². The van der Waals surface area contributed by atoms with Crippen LogP contribution in [0.2, 0.25) is 0 Å². The van der Waals surface area contributed by atoms with E-state index in [2.05, 4.69) is 9.83 Å². The Hall–Kier alpha value is -2.41. The van der Waals surface area contributed by atoms with Crippen LogP contribution in [0, 0.1) is 12.4 Å². The van der Waals surface area contributed by atoms with Gasteiger partial charge in [0.2, 0.25) is 5.69 Å². The van der Waals surface area contributed by atoms with Gasteiger partial charge in [-0.1, -0.05) is 6.07 Å². The minimum absolute atomic E-state index is 0.109. The normalized spacial score (nSPS) is 9.75. The molecule has 0 saturated carbocycles. The van der Waals surface area contributed by atoms with Crippen molar-refractivity contribution in [2.24, 2.45) is 0 Å². The van der Waals surface area contributed by atoms with Crippen LogP contribution < -0.4 is 5.73 Å². The van der Waals surface area contributed by atoms with Crippen molar-refractivity contribution in [2.75, 3.05) is 5.73 Å². The number of aromatic nitrogens is 1. The molecule has 0 saturated heterocycles. The van der Waals surface area contributed by atoms with E-state index in [1.807, 2.05) is 0 Å². The summed E-state index contributed by atoms with van der Waals surface area (Å²) in [7, 11) is 0. The van der Waals surface area contributed by atoms with E-state index in [0.717, 1.165) is 0 Å². The van der Waals surface area contributed by atoms with E-state index in [4.69, 9.17) is 12.3 Å². The quantitative estimate of drug-likeness (QED) is 0.584. The van der Waals surface area contributed by atoms with Crippen molar-refractivity contribution in [1.82, 2.24) is 4.98 Å². The summed E-state index contributed by atoms with van der Waals surface area (Å²) in [6, 6.07) is 6.18. The van der Waals surface area contributed by atoms with Gasteiger partial charge in [0.25, 0.3) is 0 Å². The molecule has 2 aromatic rings. The van der Waals surface area contributed by atoms with Crippen LogP contribution in [0.25, 0.3) is 16.0 Å². The van der Waals surface area contributed by atoms with Crippen molar-refractivity contribution in [3.63, 3.8) is 0 Å². The highest BCUT2D eigenvalue weighted by Gasteiger charge is 2.03. The molecule has 16 heavy (non-hydrogen) atoms. The highest BCUT2D eigenvalue weighted by Crippen LogP contribution is 2.25. The second kappa shape index (κ2) is 3.99. The average molecular weight is 213 g/mol. The highest BCUT2D eigenvalue weighted by molar-refractivity contribution is 5.68. The number of halogens is 1. The Morgan fingerprint density at radius 1 is 1.19 bits per heavy atom. The zero-order chi connectivity index (χ0) is 11.5. The van der Waals surface area contributed by atoms with E-state index in [9.17, 15) is 4.39 Å². The molecule has 3 nitrogen and oxygen atoms in total. The third-order valence-corrected chi connectivity index (χ3v) is 2.19. The summed E-state index contributed by atoms with van der Waals surface area (Å²) in [5, 5.41) is 0. The molecule has 0 unspecified atom stereocenters. The fraction of sp³-hybridized carbons (Fsp3) is 0. The standard InChI is InChI=1S/C12H8FN3/c1-15-10-4-9(6-16-7-10)8-2-3-12(14)11(13)5-8/h2-7H,14H2. The van der Waals surface area contributed by atoms with Crippen molar-refractivity contribution in [1.29, 1.82) is 0 Å². The predicted octanol–water partition coefficient (Wildman–Crippen LogP) is 3.02. The molecule has 0 aliphatic heterocycles. The molecule has 2 rings (SSSR count). The molecule has 0 fully saturated rings. The molecule has 1 heterocycles. The lowest BCUT2D eigenvalue weighted by Gasteiger charge is -2.03. The first-order chi connectivity index (χ1) is 7.70. The molecule has 0 aliphatic rings. The third-order valence-electron chi connectivity index (χ3n) is 2.19. The van der Waals surface area contributed by atoms with Gasteiger partial charge < -0.3 is 5.73 Å². The largest absolute Gasteiger partial charge is 0.396 e. The van der Waals surface area contributed by atoms with Gasteiger partial charge >= 0.3 is 0 Å². The van der Waals surface area contributed by atoms with Crippen molar-refractivity contribution >= 4 is 11.4 Å². The number of pyridine rings is 1. The Balaban J connectivity index is 2.51. The first-order valence-corrected chi connectivity index (χ1v) is 4.58. The Kier molecular flexibility index (Phi) is 2.52. The van der Waals surface area contributed by atoms with Crippen LogP contribution >= 0.6 is 0 Å². The maximum absolute atomic E-state index is 13.2. The molecule has 0 spiro atoms. The van der Waals surface area contributed by atoms with Crippen LogP contribution in [0.5, 0.6) is 0 Å². The molecular formula is C12H8FN3. The first-order valence-electron chi connectivity index (χ1n) is 4.58. The van der Waals surface area contributed by atoms with Gasteiger partial charge in [-0.2, -0.15) is 0 Å². The van der Waals surface area contributed by atoms with E-state index in [-0.39, 0.29) is 5.69 Å². The van der Waals surface area contributed by atoms with E-state index < -0.39 is 5.82 Å². The van der Waals surface area contributed by atoms with E-state index in [0.29, 0.717) is 16.8 Å². The number of rotatable bonds is 1. The minimum Gasteiger partial charge on any atom is -0.396 e. The molecule has 0 radical (unpaired) electrons. The maximum Gasteiger partial charge on any atom is 0.205 e. The van der Waals surface area contributed by atoms with Gasteiger partial charge in [0.1, 0.15) is 5.82 Å². The van der Waals surface area contributed by atoms with Crippen LogP contribution in [0.1, 0.15) is 0 Å². The molecule has 1 aromatic carbocycles. The van der Waals surface area contributed by atoms with Crippen LogP contribution in [0.15, 0.2) is 36.7 Å². The Labute approximate surface area is 92.2 Å². The third kappa shape index (κ3) is 1.84. The molecule has 0 bridgehead atoms.